The van der Waals surface area contributed by atoms with E-state index in [2.05, 4.69) is 33.0 Å². The van der Waals surface area contributed by atoms with Gasteiger partial charge in [0.05, 0.1) is 4.90 Å². The number of sulfone groups is 1. The van der Waals surface area contributed by atoms with Crippen LogP contribution in [0, 0.1) is 11.8 Å². The summed E-state index contributed by atoms with van der Waals surface area (Å²) in [6.07, 6.45) is 3.08. The molecular weight excluding hydrogens is 324 g/mol. The number of carbonyl (C=O) groups excluding carboxylic acids is 1. The van der Waals surface area contributed by atoms with Crippen molar-refractivity contribution in [3.63, 3.8) is 0 Å². The van der Waals surface area contributed by atoms with Crippen molar-refractivity contribution in [2.24, 2.45) is 11.8 Å². The van der Waals surface area contributed by atoms with Gasteiger partial charge in [-0.25, -0.2) is 13.2 Å². The van der Waals surface area contributed by atoms with Crippen LogP contribution in [0.5, 0.6) is 0 Å². The van der Waals surface area contributed by atoms with E-state index < -0.39 is 9.84 Å². The minimum atomic E-state index is -3.22. The summed E-state index contributed by atoms with van der Waals surface area (Å²) in [5.74, 6) is 1.07. The highest BCUT2D eigenvalue weighted by Gasteiger charge is 2.15. The molecule has 136 valence electrons. The molecule has 0 radical (unpaired) electrons. The lowest BCUT2D eigenvalue weighted by Crippen LogP contribution is -2.37. The van der Waals surface area contributed by atoms with Gasteiger partial charge < -0.3 is 10.2 Å². The van der Waals surface area contributed by atoms with Gasteiger partial charge in [-0.15, -0.1) is 0 Å². The second-order valence-electron chi connectivity index (χ2n) is 7.08. The van der Waals surface area contributed by atoms with E-state index in [0.717, 1.165) is 25.9 Å². The van der Waals surface area contributed by atoms with Crippen molar-refractivity contribution in [3.05, 3.63) is 24.3 Å². The maximum atomic E-state index is 12.5. The maximum Gasteiger partial charge on any atom is 0.321 e. The van der Waals surface area contributed by atoms with Crippen LogP contribution in [0.1, 0.15) is 40.5 Å². The van der Waals surface area contributed by atoms with Crippen molar-refractivity contribution in [1.29, 1.82) is 0 Å². The third kappa shape index (κ3) is 7.34. The van der Waals surface area contributed by atoms with Crippen LogP contribution in [-0.4, -0.2) is 38.7 Å². The molecule has 0 saturated heterocycles. The van der Waals surface area contributed by atoms with Gasteiger partial charge in [0.2, 0.25) is 0 Å². The average molecular weight is 355 g/mol. The van der Waals surface area contributed by atoms with Gasteiger partial charge in [-0.3, -0.25) is 0 Å². The highest BCUT2D eigenvalue weighted by atomic mass is 32.2. The fourth-order valence-electron chi connectivity index (χ4n) is 2.13. The van der Waals surface area contributed by atoms with Crippen molar-refractivity contribution in [3.8, 4) is 0 Å². The second kappa shape index (κ2) is 9.06. The van der Waals surface area contributed by atoms with Gasteiger partial charge in [-0.1, -0.05) is 27.7 Å². The van der Waals surface area contributed by atoms with Crippen LogP contribution in [0.15, 0.2) is 29.2 Å². The Kier molecular flexibility index (Phi) is 7.73. The third-order valence-corrected chi connectivity index (χ3v) is 4.90. The molecule has 0 fully saturated rings. The van der Waals surface area contributed by atoms with E-state index in [1.807, 2.05) is 4.90 Å². The smallest absolute Gasteiger partial charge is 0.321 e. The van der Waals surface area contributed by atoms with Gasteiger partial charge in [-0.05, 0) is 48.9 Å². The molecule has 1 aromatic carbocycles. The number of hydrogen-bond acceptors (Lipinski definition) is 3. The number of hydrogen-bond donors (Lipinski definition) is 1. The fourth-order valence-corrected chi connectivity index (χ4v) is 2.76. The Morgan fingerprint density at radius 2 is 1.46 bits per heavy atom. The van der Waals surface area contributed by atoms with E-state index in [4.69, 9.17) is 0 Å². The predicted octanol–water partition coefficient (Wildman–Crippen LogP) is 4.02. The number of anilines is 1. The molecule has 1 aromatic rings. The summed E-state index contributed by atoms with van der Waals surface area (Å²) in [5.41, 5.74) is 0.603. The van der Waals surface area contributed by atoms with Crippen LogP contribution in [0.2, 0.25) is 0 Å². The molecule has 6 heteroatoms. The van der Waals surface area contributed by atoms with E-state index in [9.17, 15) is 13.2 Å². The van der Waals surface area contributed by atoms with Gasteiger partial charge in [0.1, 0.15) is 0 Å². The van der Waals surface area contributed by atoms with Crippen LogP contribution in [0.4, 0.5) is 10.5 Å². The Morgan fingerprint density at radius 1 is 1.00 bits per heavy atom. The fraction of sp³-hybridized carbons (Fsp3) is 0.611. The number of benzene rings is 1. The highest BCUT2D eigenvalue weighted by Crippen LogP contribution is 2.15. The summed E-state index contributed by atoms with van der Waals surface area (Å²) in [7, 11) is -3.22. The molecule has 1 N–H and O–H groups in total. The first-order chi connectivity index (χ1) is 11.1. The first-order valence-corrected chi connectivity index (χ1v) is 10.3. The van der Waals surface area contributed by atoms with Crippen molar-refractivity contribution in [1.82, 2.24) is 4.90 Å². The molecule has 1 rings (SSSR count). The first kappa shape index (κ1) is 20.5. The number of nitrogens with zero attached hydrogens (tertiary/aromatic N) is 1. The normalized spacial score (nSPS) is 11.8. The van der Waals surface area contributed by atoms with Gasteiger partial charge in [0.15, 0.2) is 9.84 Å². The average Bonchev–Trinajstić information content (AvgIpc) is 2.46. The van der Waals surface area contributed by atoms with E-state index in [-0.39, 0.29) is 10.9 Å². The summed E-state index contributed by atoms with van der Waals surface area (Å²) in [4.78, 5) is 14.6. The molecule has 5 nitrogen and oxygen atoms in total. The Morgan fingerprint density at radius 3 is 1.83 bits per heavy atom. The monoisotopic (exact) mass is 354 g/mol. The molecule has 0 aromatic heterocycles. The van der Waals surface area contributed by atoms with Gasteiger partial charge in [0.25, 0.3) is 0 Å². The van der Waals surface area contributed by atoms with Crippen molar-refractivity contribution < 1.29 is 13.2 Å². The van der Waals surface area contributed by atoms with Crippen molar-refractivity contribution in [2.45, 2.75) is 45.4 Å². The zero-order valence-electron chi connectivity index (χ0n) is 15.4. The van der Waals surface area contributed by atoms with E-state index in [1.165, 1.54) is 18.4 Å². The molecule has 0 unspecified atom stereocenters. The Labute approximate surface area is 146 Å². The number of amides is 2. The summed E-state index contributed by atoms with van der Waals surface area (Å²) in [5, 5.41) is 2.86. The van der Waals surface area contributed by atoms with Crippen molar-refractivity contribution >= 4 is 21.6 Å². The minimum Gasteiger partial charge on any atom is -0.325 e. The molecule has 0 spiro atoms. The zero-order valence-corrected chi connectivity index (χ0v) is 16.2. The molecule has 0 heterocycles. The number of urea groups is 1. The van der Waals surface area contributed by atoms with E-state index in [1.54, 1.807) is 12.1 Å². The van der Waals surface area contributed by atoms with Crippen LogP contribution in [0.25, 0.3) is 0 Å². The van der Waals surface area contributed by atoms with E-state index >= 15 is 0 Å². The van der Waals surface area contributed by atoms with Gasteiger partial charge in [0, 0.05) is 25.0 Å². The second-order valence-corrected chi connectivity index (χ2v) is 9.09. The Hall–Kier alpha value is -1.56. The highest BCUT2D eigenvalue weighted by molar-refractivity contribution is 7.90. The van der Waals surface area contributed by atoms with Crippen LogP contribution in [0.3, 0.4) is 0 Å². The van der Waals surface area contributed by atoms with Gasteiger partial charge in [-0.2, -0.15) is 0 Å². The quantitative estimate of drug-likeness (QED) is 0.767. The first-order valence-electron chi connectivity index (χ1n) is 8.45. The lowest BCUT2D eigenvalue weighted by atomic mass is 10.1. The summed E-state index contributed by atoms with van der Waals surface area (Å²) in [6.45, 7) is 10.0. The molecule has 2 amide bonds. The summed E-state index contributed by atoms with van der Waals surface area (Å²) >= 11 is 0. The minimum absolute atomic E-state index is 0.136. The molecule has 0 bridgehead atoms. The lowest BCUT2D eigenvalue weighted by molar-refractivity contribution is 0.205. The predicted molar refractivity (Wildman–Crippen MR) is 99.1 cm³/mol. The molecule has 0 atom stereocenters. The molecule has 0 aliphatic carbocycles. The summed E-state index contributed by atoms with van der Waals surface area (Å²) in [6, 6.07) is 6.13. The van der Waals surface area contributed by atoms with Crippen LogP contribution in [-0.2, 0) is 9.84 Å². The van der Waals surface area contributed by atoms with Crippen molar-refractivity contribution in [2.75, 3.05) is 24.7 Å². The number of nitrogens with one attached hydrogen (secondary N) is 1. The number of rotatable bonds is 8. The third-order valence-electron chi connectivity index (χ3n) is 3.77. The zero-order chi connectivity index (χ0) is 18.3. The molecule has 24 heavy (non-hydrogen) atoms. The number of carbonyl (C=O) groups is 1. The topological polar surface area (TPSA) is 66.5 Å². The van der Waals surface area contributed by atoms with Gasteiger partial charge >= 0.3 is 6.03 Å². The molecular formula is C18H30N2O3S. The summed E-state index contributed by atoms with van der Waals surface area (Å²) < 4.78 is 23.0. The lowest BCUT2D eigenvalue weighted by Gasteiger charge is -2.25. The SMILES string of the molecule is CC(C)CCN(CCC(C)C)C(=O)Nc1ccc(S(C)(=O)=O)cc1. The Balaban J connectivity index is 2.75. The Bertz CT molecular complexity index is 610. The van der Waals surface area contributed by atoms with Crippen LogP contribution < -0.4 is 5.32 Å². The molecule has 0 saturated carbocycles. The van der Waals surface area contributed by atoms with Crippen LogP contribution >= 0.6 is 0 Å². The largest absolute Gasteiger partial charge is 0.325 e. The molecule has 0 aliphatic rings. The van der Waals surface area contributed by atoms with E-state index in [0.29, 0.717) is 17.5 Å². The molecule has 0 aliphatic heterocycles. The standard InChI is InChI=1S/C18H30N2O3S/c1-14(2)10-12-20(13-11-15(3)4)18(21)19-16-6-8-17(9-7-16)24(5,22)23/h6-9,14-15H,10-13H2,1-5H3,(H,19,21). The maximum absolute atomic E-state index is 12.5.